The number of carbonyl (C=O) groups is 1. The van der Waals surface area contributed by atoms with Gasteiger partial charge in [-0.05, 0) is 40.8 Å². The SMILES string of the molecule is O=C(CC1COCCN1)Nc1ccc(F)cc1I. The fraction of sp³-hybridized carbons (Fsp3) is 0.417. The molecule has 6 heteroatoms. The largest absolute Gasteiger partial charge is 0.378 e. The van der Waals surface area contributed by atoms with Gasteiger partial charge in [0.2, 0.25) is 5.91 Å². The predicted molar refractivity (Wildman–Crippen MR) is 75.0 cm³/mol. The molecule has 98 valence electrons. The first-order valence-electron chi connectivity index (χ1n) is 5.71. The molecule has 0 bridgehead atoms. The maximum Gasteiger partial charge on any atom is 0.226 e. The van der Waals surface area contributed by atoms with Crippen molar-refractivity contribution in [1.82, 2.24) is 5.32 Å². The van der Waals surface area contributed by atoms with E-state index in [1.54, 1.807) is 6.07 Å². The van der Waals surface area contributed by atoms with Gasteiger partial charge in [-0.2, -0.15) is 0 Å². The third-order valence-electron chi connectivity index (χ3n) is 2.64. The molecule has 1 unspecified atom stereocenters. The van der Waals surface area contributed by atoms with Gasteiger partial charge < -0.3 is 15.4 Å². The number of hydrogen-bond acceptors (Lipinski definition) is 3. The molecule has 0 saturated carbocycles. The molecule has 1 heterocycles. The van der Waals surface area contributed by atoms with E-state index in [-0.39, 0.29) is 17.8 Å². The van der Waals surface area contributed by atoms with Gasteiger partial charge in [0.05, 0.1) is 18.9 Å². The average molecular weight is 364 g/mol. The van der Waals surface area contributed by atoms with Crippen molar-refractivity contribution in [3.63, 3.8) is 0 Å². The van der Waals surface area contributed by atoms with Gasteiger partial charge in [-0.1, -0.05) is 0 Å². The number of benzene rings is 1. The number of halogens is 2. The third kappa shape index (κ3) is 3.89. The number of carbonyl (C=O) groups excluding carboxylic acids is 1. The van der Waals surface area contributed by atoms with Crippen molar-refractivity contribution in [2.24, 2.45) is 0 Å². The van der Waals surface area contributed by atoms with Crippen LogP contribution in [0, 0.1) is 9.39 Å². The number of ether oxygens (including phenoxy) is 1. The molecular weight excluding hydrogens is 350 g/mol. The summed E-state index contributed by atoms with van der Waals surface area (Å²) in [5.41, 5.74) is 0.638. The van der Waals surface area contributed by atoms with Gasteiger partial charge in [0.1, 0.15) is 5.82 Å². The molecule has 0 radical (unpaired) electrons. The molecule has 4 nitrogen and oxygen atoms in total. The summed E-state index contributed by atoms with van der Waals surface area (Å²) in [4.78, 5) is 11.8. The van der Waals surface area contributed by atoms with Crippen molar-refractivity contribution in [3.8, 4) is 0 Å². The summed E-state index contributed by atoms with van der Waals surface area (Å²) in [5.74, 6) is -0.401. The number of amides is 1. The molecule has 2 N–H and O–H groups in total. The van der Waals surface area contributed by atoms with E-state index in [2.05, 4.69) is 10.6 Å². The molecule has 0 spiro atoms. The molecule has 1 amide bonds. The van der Waals surface area contributed by atoms with E-state index in [1.165, 1.54) is 12.1 Å². The van der Waals surface area contributed by atoms with Gasteiger partial charge >= 0.3 is 0 Å². The molecule has 0 aliphatic carbocycles. The minimum atomic E-state index is -0.306. The zero-order valence-corrected chi connectivity index (χ0v) is 11.9. The third-order valence-corrected chi connectivity index (χ3v) is 3.53. The van der Waals surface area contributed by atoms with Crippen molar-refractivity contribution < 1.29 is 13.9 Å². The predicted octanol–water partition coefficient (Wildman–Crippen LogP) is 1.75. The van der Waals surface area contributed by atoms with Crippen LogP contribution in [0.15, 0.2) is 18.2 Å². The topological polar surface area (TPSA) is 50.4 Å². The first-order chi connectivity index (χ1) is 8.65. The first-order valence-corrected chi connectivity index (χ1v) is 6.79. The Hall–Kier alpha value is -0.730. The standard InChI is InChI=1S/C12H14FIN2O2/c13-8-1-2-11(10(14)5-8)16-12(17)6-9-7-18-4-3-15-9/h1-2,5,9,15H,3-4,6-7H2,(H,16,17). The van der Waals surface area contributed by atoms with Crippen LogP contribution >= 0.6 is 22.6 Å². The van der Waals surface area contributed by atoms with Crippen molar-refractivity contribution in [1.29, 1.82) is 0 Å². The van der Waals surface area contributed by atoms with E-state index in [9.17, 15) is 9.18 Å². The molecule has 18 heavy (non-hydrogen) atoms. The van der Waals surface area contributed by atoms with Crippen LogP contribution in [-0.2, 0) is 9.53 Å². The average Bonchev–Trinajstić information content (AvgIpc) is 2.34. The number of morpholine rings is 1. The molecule has 2 rings (SSSR count). The lowest BCUT2D eigenvalue weighted by Crippen LogP contribution is -2.43. The number of hydrogen-bond donors (Lipinski definition) is 2. The molecule has 1 aliphatic heterocycles. The summed E-state index contributed by atoms with van der Waals surface area (Å²) in [7, 11) is 0. The highest BCUT2D eigenvalue weighted by atomic mass is 127. The van der Waals surface area contributed by atoms with Gasteiger partial charge in [0.15, 0.2) is 0 Å². The van der Waals surface area contributed by atoms with Crippen LogP contribution in [0.5, 0.6) is 0 Å². The smallest absolute Gasteiger partial charge is 0.226 e. The van der Waals surface area contributed by atoms with Gasteiger partial charge in [0.25, 0.3) is 0 Å². The Balaban J connectivity index is 1.90. The summed E-state index contributed by atoms with van der Waals surface area (Å²) in [6.07, 6.45) is 0.355. The van der Waals surface area contributed by atoms with Gasteiger partial charge in [-0.15, -0.1) is 0 Å². The Kier molecular flexibility index (Phi) is 4.90. The van der Waals surface area contributed by atoms with E-state index in [0.717, 1.165) is 6.54 Å². The highest BCUT2D eigenvalue weighted by Gasteiger charge is 2.17. The van der Waals surface area contributed by atoms with E-state index in [1.807, 2.05) is 22.6 Å². The van der Waals surface area contributed by atoms with Crippen LogP contribution < -0.4 is 10.6 Å². The quantitative estimate of drug-likeness (QED) is 0.804. The van der Waals surface area contributed by atoms with Crippen molar-refractivity contribution in [2.75, 3.05) is 25.1 Å². The van der Waals surface area contributed by atoms with Crippen molar-refractivity contribution >= 4 is 34.2 Å². The molecular formula is C12H14FIN2O2. The Morgan fingerprint density at radius 3 is 3.11 bits per heavy atom. The highest BCUT2D eigenvalue weighted by Crippen LogP contribution is 2.19. The van der Waals surface area contributed by atoms with E-state index in [4.69, 9.17) is 4.74 Å². The zero-order chi connectivity index (χ0) is 13.0. The maximum absolute atomic E-state index is 12.9. The molecule has 1 fully saturated rings. The number of nitrogens with one attached hydrogen (secondary N) is 2. The minimum Gasteiger partial charge on any atom is -0.378 e. The molecule has 1 atom stereocenters. The maximum atomic E-state index is 12.9. The molecule has 1 aromatic carbocycles. The van der Waals surface area contributed by atoms with Crippen LogP contribution in [0.3, 0.4) is 0 Å². The fourth-order valence-electron chi connectivity index (χ4n) is 1.77. The normalized spacial score (nSPS) is 19.6. The Morgan fingerprint density at radius 2 is 2.44 bits per heavy atom. The van der Waals surface area contributed by atoms with E-state index in [0.29, 0.717) is 28.9 Å². The molecule has 1 saturated heterocycles. The Labute approximate surface area is 118 Å². The van der Waals surface area contributed by atoms with Crippen LogP contribution in [0.25, 0.3) is 0 Å². The Morgan fingerprint density at radius 1 is 1.61 bits per heavy atom. The summed E-state index contributed by atoms with van der Waals surface area (Å²) in [6.45, 7) is 2.01. The van der Waals surface area contributed by atoms with Crippen LogP contribution in [-0.4, -0.2) is 31.7 Å². The summed E-state index contributed by atoms with van der Waals surface area (Å²) in [6, 6.07) is 4.34. The molecule has 0 aromatic heterocycles. The van der Waals surface area contributed by atoms with Gasteiger partial charge in [0, 0.05) is 22.6 Å². The van der Waals surface area contributed by atoms with Gasteiger partial charge in [-0.25, -0.2) is 4.39 Å². The molecule has 1 aromatic rings. The summed E-state index contributed by atoms with van der Waals surface area (Å²) in [5, 5.41) is 5.99. The first kappa shape index (κ1) is 13.7. The monoisotopic (exact) mass is 364 g/mol. The fourth-order valence-corrected chi connectivity index (χ4v) is 2.38. The lowest BCUT2D eigenvalue weighted by atomic mass is 10.2. The summed E-state index contributed by atoms with van der Waals surface area (Å²) >= 11 is 2.00. The summed E-state index contributed by atoms with van der Waals surface area (Å²) < 4.78 is 18.9. The van der Waals surface area contributed by atoms with Crippen molar-refractivity contribution in [2.45, 2.75) is 12.5 Å². The Bertz CT molecular complexity index is 436. The molecule has 1 aliphatic rings. The number of anilines is 1. The van der Waals surface area contributed by atoms with Crippen LogP contribution in [0.4, 0.5) is 10.1 Å². The minimum absolute atomic E-state index is 0.0526. The lowest BCUT2D eigenvalue weighted by Gasteiger charge is -2.23. The van der Waals surface area contributed by atoms with Gasteiger partial charge in [-0.3, -0.25) is 4.79 Å². The van der Waals surface area contributed by atoms with Crippen LogP contribution in [0.2, 0.25) is 0 Å². The lowest BCUT2D eigenvalue weighted by molar-refractivity contribution is -0.117. The second-order valence-corrected chi connectivity index (χ2v) is 5.26. The zero-order valence-electron chi connectivity index (χ0n) is 9.71. The second-order valence-electron chi connectivity index (χ2n) is 4.10. The van der Waals surface area contributed by atoms with E-state index < -0.39 is 0 Å². The van der Waals surface area contributed by atoms with Crippen molar-refractivity contribution in [3.05, 3.63) is 27.6 Å². The second kappa shape index (κ2) is 6.44. The highest BCUT2D eigenvalue weighted by molar-refractivity contribution is 14.1. The van der Waals surface area contributed by atoms with E-state index >= 15 is 0 Å². The number of rotatable bonds is 3. The van der Waals surface area contributed by atoms with Crippen LogP contribution in [0.1, 0.15) is 6.42 Å².